The Bertz CT molecular complexity index is 836. The average molecular weight is 355 g/mol. The van der Waals surface area contributed by atoms with E-state index in [9.17, 15) is 14.0 Å². The number of fused-ring (bicyclic) bond motifs is 1. The number of anilines is 1. The van der Waals surface area contributed by atoms with Gasteiger partial charge in [-0.25, -0.2) is 4.39 Å². The predicted molar refractivity (Wildman–Crippen MR) is 98.1 cm³/mol. The fourth-order valence-corrected chi connectivity index (χ4v) is 3.20. The molecule has 1 heterocycles. The van der Waals surface area contributed by atoms with Crippen LogP contribution in [0.25, 0.3) is 0 Å². The summed E-state index contributed by atoms with van der Waals surface area (Å²) in [6.45, 7) is 1.16. The van der Waals surface area contributed by atoms with E-state index in [0.717, 1.165) is 17.7 Å². The van der Waals surface area contributed by atoms with Crippen molar-refractivity contribution < 1.29 is 14.0 Å². The lowest BCUT2D eigenvalue weighted by Crippen LogP contribution is -2.35. The SMILES string of the molecule is CN(C)Cc1ccccc1CNC(=O)C1CC(=O)Nc2cc(F)ccc21. The van der Waals surface area contributed by atoms with E-state index in [2.05, 4.69) is 15.5 Å². The van der Waals surface area contributed by atoms with Crippen LogP contribution in [0.4, 0.5) is 10.1 Å². The van der Waals surface area contributed by atoms with Gasteiger partial charge >= 0.3 is 0 Å². The van der Waals surface area contributed by atoms with E-state index in [1.807, 2.05) is 38.4 Å². The monoisotopic (exact) mass is 355 g/mol. The van der Waals surface area contributed by atoms with Crippen molar-refractivity contribution in [1.29, 1.82) is 0 Å². The van der Waals surface area contributed by atoms with Crippen LogP contribution in [-0.2, 0) is 22.7 Å². The molecule has 1 aliphatic rings. The van der Waals surface area contributed by atoms with E-state index < -0.39 is 11.7 Å². The highest BCUT2D eigenvalue weighted by Gasteiger charge is 2.30. The van der Waals surface area contributed by atoms with Crippen LogP contribution in [0.5, 0.6) is 0 Å². The summed E-state index contributed by atoms with van der Waals surface area (Å²) in [5, 5.41) is 5.55. The Hall–Kier alpha value is -2.73. The molecule has 2 amide bonds. The summed E-state index contributed by atoms with van der Waals surface area (Å²) < 4.78 is 13.4. The summed E-state index contributed by atoms with van der Waals surface area (Å²) in [4.78, 5) is 26.7. The van der Waals surface area contributed by atoms with E-state index in [4.69, 9.17) is 0 Å². The molecule has 6 heteroatoms. The van der Waals surface area contributed by atoms with Gasteiger partial charge in [0, 0.05) is 25.2 Å². The Morgan fingerprint density at radius 1 is 1.23 bits per heavy atom. The molecule has 1 aliphatic heterocycles. The van der Waals surface area contributed by atoms with Gasteiger partial charge in [-0.1, -0.05) is 30.3 Å². The molecule has 136 valence electrons. The first-order valence-corrected chi connectivity index (χ1v) is 8.52. The van der Waals surface area contributed by atoms with Gasteiger partial charge in [-0.3, -0.25) is 9.59 Å². The zero-order valence-electron chi connectivity index (χ0n) is 14.9. The second-order valence-electron chi connectivity index (χ2n) is 6.76. The van der Waals surface area contributed by atoms with Crippen LogP contribution < -0.4 is 10.6 Å². The summed E-state index contributed by atoms with van der Waals surface area (Å²) in [6.07, 6.45) is 0.0593. The van der Waals surface area contributed by atoms with E-state index >= 15 is 0 Å². The lowest BCUT2D eigenvalue weighted by atomic mass is 9.89. The first-order chi connectivity index (χ1) is 12.4. The maximum absolute atomic E-state index is 13.4. The molecule has 0 aliphatic carbocycles. The van der Waals surface area contributed by atoms with Crippen LogP contribution in [0.2, 0.25) is 0 Å². The highest BCUT2D eigenvalue weighted by molar-refractivity contribution is 6.01. The highest BCUT2D eigenvalue weighted by atomic mass is 19.1. The summed E-state index contributed by atoms with van der Waals surface area (Å²) in [6, 6.07) is 12.0. The fraction of sp³-hybridized carbons (Fsp3) is 0.300. The normalized spacial score (nSPS) is 16.2. The molecule has 2 aromatic rings. The maximum Gasteiger partial charge on any atom is 0.228 e. The topological polar surface area (TPSA) is 61.4 Å². The number of nitrogens with one attached hydrogen (secondary N) is 2. The molecular weight excluding hydrogens is 333 g/mol. The van der Waals surface area contributed by atoms with Gasteiger partial charge in [-0.2, -0.15) is 0 Å². The van der Waals surface area contributed by atoms with Gasteiger partial charge in [0.1, 0.15) is 5.82 Å². The van der Waals surface area contributed by atoms with Gasteiger partial charge in [0.25, 0.3) is 0 Å². The van der Waals surface area contributed by atoms with Crippen molar-refractivity contribution in [1.82, 2.24) is 10.2 Å². The molecule has 2 aromatic carbocycles. The zero-order valence-corrected chi connectivity index (χ0v) is 14.9. The number of benzene rings is 2. The lowest BCUT2D eigenvalue weighted by Gasteiger charge is -2.25. The smallest absolute Gasteiger partial charge is 0.228 e. The van der Waals surface area contributed by atoms with Gasteiger partial charge in [0.15, 0.2) is 0 Å². The third-order valence-corrected chi connectivity index (χ3v) is 4.43. The van der Waals surface area contributed by atoms with Gasteiger partial charge < -0.3 is 15.5 Å². The minimum absolute atomic E-state index is 0.0593. The molecular formula is C20H22FN3O2. The fourth-order valence-electron chi connectivity index (χ4n) is 3.20. The average Bonchev–Trinajstić information content (AvgIpc) is 2.59. The van der Waals surface area contributed by atoms with Gasteiger partial charge in [0.2, 0.25) is 11.8 Å². The van der Waals surface area contributed by atoms with Crippen molar-refractivity contribution in [2.24, 2.45) is 0 Å². The molecule has 0 saturated carbocycles. The zero-order chi connectivity index (χ0) is 18.7. The third-order valence-electron chi connectivity index (χ3n) is 4.43. The number of rotatable bonds is 5. The van der Waals surface area contributed by atoms with Crippen LogP contribution in [0.1, 0.15) is 29.0 Å². The summed E-state index contributed by atoms with van der Waals surface area (Å²) >= 11 is 0. The Morgan fingerprint density at radius 3 is 2.69 bits per heavy atom. The van der Waals surface area contributed by atoms with Crippen molar-refractivity contribution in [3.63, 3.8) is 0 Å². The Morgan fingerprint density at radius 2 is 1.96 bits per heavy atom. The van der Waals surface area contributed by atoms with Crippen molar-refractivity contribution >= 4 is 17.5 Å². The molecule has 0 aromatic heterocycles. The second kappa shape index (κ2) is 7.66. The van der Waals surface area contributed by atoms with Crippen molar-refractivity contribution in [2.45, 2.75) is 25.4 Å². The molecule has 1 atom stereocenters. The summed E-state index contributed by atoms with van der Waals surface area (Å²) in [5.41, 5.74) is 3.19. The number of hydrogen-bond donors (Lipinski definition) is 2. The summed E-state index contributed by atoms with van der Waals surface area (Å²) in [7, 11) is 3.98. The quantitative estimate of drug-likeness (QED) is 0.867. The van der Waals surface area contributed by atoms with Crippen molar-refractivity contribution in [3.05, 3.63) is 65.0 Å². The predicted octanol–water partition coefficient (Wildman–Crippen LogP) is 2.63. The van der Waals surface area contributed by atoms with Crippen molar-refractivity contribution in [2.75, 3.05) is 19.4 Å². The van der Waals surface area contributed by atoms with E-state index in [1.165, 1.54) is 12.1 Å². The number of amides is 2. The maximum atomic E-state index is 13.4. The number of carbonyl (C=O) groups is 2. The lowest BCUT2D eigenvalue weighted by molar-refractivity contribution is -0.126. The van der Waals surface area contributed by atoms with E-state index in [0.29, 0.717) is 17.8 Å². The molecule has 5 nitrogen and oxygen atoms in total. The van der Waals surface area contributed by atoms with E-state index in [1.54, 1.807) is 6.07 Å². The molecule has 0 spiro atoms. The second-order valence-corrected chi connectivity index (χ2v) is 6.76. The molecule has 0 fully saturated rings. The molecule has 0 saturated heterocycles. The van der Waals surface area contributed by atoms with Crippen LogP contribution in [0.3, 0.4) is 0 Å². The molecule has 3 rings (SSSR count). The molecule has 26 heavy (non-hydrogen) atoms. The minimum atomic E-state index is -0.611. The molecule has 0 bridgehead atoms. The number of nitrogens with zero attached hydrogens (tertiary/aromatic N) is 1. The Kier molecular flexibility index (Phi) is 5.32. The van der Waals surface area contributed by atoms with Gasteiger partial charge in [-0.05, 0) is 42.9 Å². The minimum Gasteiger partial charge on any atom is -0.351 e. The largest absolute Gasteiger partial charge is 0.351 e. The van der Waals surface area contributed by atoms with Gasteiger partial charge in [0.05, 0.1) is 5.92 Å². The number of halogens is 1. The summed E-state index contributed by atoms with van der Waals surface area (Å²) in [5.74, 6) is -1.56. The number of hydrogen-bond acceptors (Lipinski definition) is 3. The molecule has 0 radical (unpaired) electrons. The number of carbonyl (C=O) groups excluding carboxylic acids is 2. The molecule has 2 N–H and O–H groups in total. The van der Waals surface area contributed by atoms with Crippen molar-refractivity contribution in [3.8, 4) is 0 Å². The Labute approximate surface area is 152 Å². The standard InChI is InChI=1S/C20H22FN3O2/c1-24(2)12-14-6-4-3-5-13(14)11-22-20(26)17-10-19(25)23-18-9-15(21)7-8-16(17)18/h3-9,17H,10-12H2,1-2H3,(H,22,26)(H,23,25). The van der Waals surface area contributed by atoms with Crippen LogP contribution >= 0.6 is 0 Å². The Balaban J connectivity index is 1.75. The first kappa shape index (κ1) is 18.1. The first-order valence-electron chi connectivity index (χ1n) is 8.52. The van der Waals surface area contributed by atoms with Crippen LogP contribution in [0.15, 0.2) is 42.5 Å². The third kappa shape index (κ3) is 4.08. The van der Waals surface area contributed by atoms with Gasteiger partial charge in [-0.15, -0.1) is 0 Å². The highest BCUT2D eigenvalue weighted by Crippen LogP contribution is 2.32. The van der Waals surface area contributed by atoms with Crippen LogP contribution in [-0.4, -0.2) is 30.8 Å². The van der Waals surface area contributed by atoms with Crippen LogP contribution in [0, 0.1) is 5.82 Å². The molecule has 1 unspecified atom stereocenters. The van der Waals surface area contributed by atoms with E-state index in [-0.39, 0.29) is 18.2 Å².